The SMILES string of the molecule is CC(C(=O)O)N(C)CCCC1CCCCC1. The van der Waals surface area contributed by atoms with Crippen molar-refractivity contribution in [3.05, 3.63) is 0 Å². The van der Waals surface area contributed by atoms with Crippen molar-refractivity contribution in [2.45, 2.75) is 57.9 Å². The van der Waals surface area contributed by atoms with Gasteiger partial charge in [0.1, 0.15) is 6.04 Å². The molecule has 0 aromatic carbocycles. The maximum absolute atomic E-state index is 10.8. The molecule has 1 saturated carbocycles. The Morgan fingerprint density at radius 3 is 2.56 bits per heavy atom. The minimum atomic E-state index is -0.722. The van der Waals surface area contributed by atoms with Crippen molar-refractivity contribution in [3.8, 4) is 0 Å². The van der Waals surface area contributed by atoms with E-state index in [0.29, 0.717) is 0 Å². The zero-order chi connectivity index (χ0) is 12.0. The van der Waals surface area contributed by atoms with Gasteiger partial charge in [0, 0.05) is 0 Å². The normalized spacial score (nSPS) is 19.9. The lowest BCUT2D eigenvalue weighted by atomic mass is 9.86. The Morgan fingerprint density at radius 2 is 2.00 bits per heavy atom. The summed E-state index contributed by atoms with van der Waals surface area (Å²) in [7, 11) is 1.90. The van der Waals surface area contributed by atoms with Crippen molar-refractivity contribution >= 4 is 5.97 Å². The lowest BCUT2D eigenvalue weighted by molar-refractivity contribution is -0.142. The van der Waals surface area contributed by atoms with Crippen LogP contribution in [0, 0.1) is 5.92 Å². The molecule has 94 valence electrons. The van der Waals surface area contributed by atoms with Crippen LogP contribution in [-0.4, -0.2) is 35.6 Å². The molecule has 0 aliphatic heterocycles. The van der Waals surface area contributed by atoms with Gasteiger partial charge >= 0.3 is 5.97 Å². The highest BCUT2D eigenvalue weighted by Gasteiger charge is 2.17. The van der Waals surface area contributed by atoms with E-state index in [1.165, 1.54) is 38.5 Å². The van der Waals surface area contributed by atoms with Gasteiger partial charge in [-0.1, -0.05) is 32.1 Å². The first kappa shape index (κ1) is 13.5. The van der Waals surface area contributed by atoms with Crippen molar-refractivity contribution in [1.29, 1.82) is 0 Å². The monoisotopic (exact) mass is 227 g/mol. The van der Waals surface area contributed by atoms with E-state index in [1.54, 1.807) is 6.92 Å². The Hall–Kier alpha value is -0.570. The van der Waals surface area contributed by atoms with E-state index in [-0.39, 0.29) is 6.04 Å². The van der Waals surface area contributed by atoms with Gasteiger partial charge in [-0.25, -0.2) is 0 Å². The summed E-state index contributed by atoms with van der Waals surface area (Å²) in [6.45, 7) is 2.66. The number of aliphatic carboxylic acids is 1. The third-order valence-corrected chi connectivity index (χ3v) is 3.87. The molecule has 0 saturated heterocycles. The second-order valence-electron chi connectivity index (χ2n) is 5.14. The van der Waals surface area contributed by atoms with Gasteiger partial charge in [0.2, 0.25) is 0 Å². The van der Waals surface area contributed by atoms with Crippen LogP contribution in [0.4, 0.5) is 0 Å². The smallest absolute Gasteiger partial charge is 0.320 e. The number of rotatable bonds is 6. The summed E-state index contributed by atoms with van der Waals surface area (Å²) in [5.41, 5.74) is 0. The van der Waals surface area contributed by atoms with Gasteiger partial charge in [0.05, 0.1) is 0 Å². The van der Waals surface area contributed by atoms with Crippen LogP contribution in [0.5, 0.6) is 0 Å². The number of carboxylic acids is 1. The molecule has 0 amide bonds. The average Bonchev–Trinajstić information content (AvgIpc) is 2.29. The molecule has 1 fully saturated rings. The zero-order valence-electron chi connectivity index (χ0n) is 10.6. The summed E-state index contributed by atoms with van der Waals surface area (Å²) in [5.74, 6) is 0.183. The van der Waals surface area contributed by atoms with Crippen LogP contribution in [0.25, 0.3) is 0 Å². The van der Waals surface area contributed by atoms with Crippen LogP contribution >= 0.6 is 0 Å². The second-order valence-corrected chi connectivity index (χ2v) is 5.14. The fourth-order valence-corrected chi connectivity index (χ4v) is 2.49. The molecule has 0 spiro atoms. The highest BCUT2D eigenvalue weighted by Crippen LogP contribution is 2.27. The van der Waals surface area contributed by atoms with Crippen LogP contribution in [-0.2, 0) is 4.79 Å². The van der Waals surface area contributed by atoms with E-state index in [1.807, 2.05) is 11.9 Å². The van der Waals surface area contributed by atoms with Crippen LogP contribution in [0.15, 0.2) is 0 Å². The Kier molecular flexibility index (Phi) is 5.81. The fraction of sp³-hybridized carbons (Fsp3) is 0.923. The van der Waals surface area contributed by atoms with Gasteiger partial charge < -0.3 is 5.11 Å². The molecule has 1 rings (SSSR count). The number of carboxylic acid groups (broad SMARTS) is 1. The number of hydrogen-bond donors (Lipinski definition) is 1. The lowest BCUT2D eigenvalue weighted by Crippen LogP contribution is -2.36. The second kappa shape index (κ2) is 6.89. The Morgan fingerprint density at radius 1 is 1.38 bits per heavy atom. The predicted octanol–water partition coefficient (Wildman–Crippen LogP) is 2.75. The van der Waals surface area contributed by atoms with E-state index in [2.05, 4.69) is 0 Å². The molecule has 1 N–H and O–H groups in total. The highest BCUT2D eigenvalue weighted by atomic mass is 16.4. The molecule has 1 aliphatic carbocycles. The largest absolute Gasteiger partial charge is 0.480 e. The molecule has 3 heteroatoms. The molecule has 3 nitrogen and oxygen atoms in total. The minimum Gasteiger partial charge on any atom is -0.480 e. The molecule has 1 unspecified atom stereocenters. The topological polar surface area (TPSA) is 40.5 Å². The third kappa shape index (κ3) is 4.52. The van der Waals surface area contributed by atoms with Crippen LogP contribution in [0.1, 0.15) is 51.9 Å². The number of likely N-dealkylation sites (N-methyl/N-ethyl adjacent to an activating group) is 1. The summed E-state index contributed by atoms with van der Waals surface area (Å²) in [5, 5.41) is 8.86. The summed E-state index contributed by atoms with van der Waals surface area (Å²) in [6.07, 6.45) is 9.39. The highest BCUT2D eigenvalue weighted by molar-refractivity contribution is 5.72. The first-order chi connectivity index (χ1) is 7.61. The number of carbonyl (C=O) groups is 1. The van der Waals surface area contributed by atoms with Gasteiger partial charge in [0.15, 0.2) is 0 Å². The maximum Gasteiger partial charge on any atom is 0.320 e. The Labute approximate surface area is 98.8 Å². The number of nitrogens with zero attached hydrogens (tertiary/aromatic N) is 1. The van der Waals surface area contributed by atoms with Crippen LogP contribution in [0.3, 0.4) is 0 Å². The van der Waals surface area contributed by atoms with Crippen LogP contribution < -0.4 is 0 Å². The fourth-order valence-electron chi connectivity index (χ4n) is 2.49. The molecule has 0 heterocycles. The van der Waals surface area contributed by atoms with E-state index < -0.39 is 5.97 Å². The molecule has 0 radical (unpaired) electrons. The quantitative estimate of drug-likeness (QED) is 0.758. The predicted molar refractivity (Wildman–Crippen MR) is 65.5 cm³/mol. The molecule has 0 bridgehead atoms. The van der Waals surface area contributed by atoms with E-state index in [9.17, 15) is 4.79 Å². The molecule has 0 aromatic rings. The molecular weight excluding hydrogens is 202 g/mol. The summed E-state index contributed by atoms with van der Waals surface area (Å²) in [6, 6.07) is -0.355. The first-order valence-electron chi connectivity index (χ1n) is 6.54. The van der Waals surface area contributed by atoms with Gasteiger partial charge in [-0.15, -0.1) is 0 Å². The average molecular weight is 227 g/mol. The lowest BCUT2D eigenvalue weighted by Gasteiger charge is -2.24. The maximum atomic E-state index is 10.8. The van der Waals surface area contributed by atoms with Gasteiger partial charge in [-0.2, -0.15) is 0 Å². The summed E-state index contributed by atoms with van der Waals surface area (Å²) in [4.78, 5) is 12.7. The minimum absolute atomic E-state index is 0.355. The standard InChI is InChI=1S/C13H25NO2/c1-11(13(15)16)14(2)10-6-9-12-7-4-3-5-8-12/h11-12H,3-10H2,1-2H3,(H,15,16). The van der Waals surface area contributed by atoms with Crippen molar-refractivity contribution in [3.63, 3.8) is 0 Å². The zero-order valence-corrected chi connectivity index (χ0v) is 10.6. The molecule has 0 aromatic heterocycles. The van der Waals surface area contributed by atoms with Gasteiger partial charge in [-0.3, -0.25) is 9.69 Å². The van der Waals surface area contributed by atoms with Crippen molar-refractivity contribution in [1.82, 2.24) is 4.90 Å². The molecule has 1 atom stereocenters. The van der Waals surface area contributed by atoms with Crippen molar-refractivity contribution in [2.24, 2.45) is 5.92 Å². The third-order valence-electron chi connectivity index (χ3n) is 3.87. The van der Waals surface area contributed by atoms with Gasteiger partial charge in [-0.05, 0) is 39.3 Å². The Bertz CT molecular complexity index is 212. The van der Waals surface area contributed by atoms with Crippen molar-refractivity contribution in [2.75, 3.05) is 13.6 Å². The summed E-state index contributed by atoms with van der Waals surface area (Å²) < 4.78 is 0. The van der Waals surface area contributed by atoms with E-state index >= 15 is 0 Å². The first-order valence-corrected chi connectivity index (χ1v) is 6.54. The van der Waals surface area contributed by atoms with E-state index in [0.717, 1.165) is 18.9 Å². The summed E-state index contributed by atoms with van der Waals surface area (Å²) >= 11 is 0. The van der Waals surface area contributed by atoms with Crippen molar-refractivity contribution < 1.29 is 9.90 Å². The molecular formula is C13H25NO2. The van der Waals surface area contributed by atoms with Gasteiger partial charge in [0.25, 0.3) is 0 Å². The van der Waals surface area contributed by atoms with Crippen LogP contribution in [0.2, 0.25) is 0 Å². The molecule has 16 heavy (non-hydrogen) atoms. The molecule has 1 aliphatic rings. The van der Waals surface area contributed by atoms with E-state index in [4.69, 9.17) is 5.11 Å². The Balaban J connectivity index is 2.11. The number of hydrogen-bond acceptors (Lipinski definition) is 2.